The number of hydrogen-bond acceptors (Lipinski definition) is 5. The number of rotatable bonds is 4. The molecule has 0 atom stereocenters. The van der Waals surface area contributed by atoms with Crippen LogP contribution in [-0.4, -0.2) is 4.92 Å². The molecule has 0 spiro atoms. The van der Waals surface area contributed by atoms with Gasteiger partial charge < -0.3 is 0 Å². The summed E-state index contributed by atoms with van der Waals surface area (Å²) >= 11 is 1.65. The summed E-state index contributed by atoms with van der Waals surface area (Å²) in [4.78, 5) is 12.6. The summed E-state index contributed by atoms with van der Waals surface area (Å²) in [6.45, 7) is 2.47. The average molecular weight is 261 g/mol. The van der Waals surface area contributed by atoms with Crippen LogP contribution >= 0.6 is 11.3 Å². The number of nitro benzene ring substituents is 1. The van der Waals surface area contributed by atoms with Crippen LogP contribution < -0.4 is 0 Å². The molecule has 0 N–H and O–H groups in total. The third kappa shape index (κ3) is 2.98. The molecule has 2 aromatic rings. The predicted octanol–water partition coefficient (Wildman–Crippen LogP) is 4.25. The summed E-state index contributed by atoms with van der Waals surface area (Å²) in [6.07, 6.45) is 0. The first-order valence-corrected chi connectivity index (χ1v) is 6.14. The van der Waals surface area contributed by atoms with E-state index in [1.54, 1.807) is 29.5 Å². The largest absolute Gasteiger partial charge is 0.296 e. The summed E-state index contributed by atoms with van der Waals surface area (Å²) in [6, 6.07) is 10.3. The first-order valence-electron chi connectivity index (χ1n) is 5.33. The van der Waals surface area contributed by atoms with Gasteiger partial charge in [-0.3, -0.25) is 10.1 Å². The van der Waals surface area contributed by atoms with E-state index in [0.29, 0.717) is 6.54 Å². The minimum Gasteiger partial charge on any atom is -0.258 e. The highest BCUT2D eigenvalue weighted by molar-refractivity contribution is 7.11. The lowest BCUT2D eigenvalue weighted by atomic mass is 10.3. The summed E-state index contributed by atoms with van der Waals surface area (Å²) < 4.78 is 0. The van der Waals surface area contributed by atoms with Crippen LogP contribution in [0.4, 0.5) is 11.4 Å². The van der Waals surface area contributed by atoms with Crippen molar-refractivity contribution in [3.63, 3.8) is 0 Å². The van der Waals surface area contributed by atoms with Crippen molar-refractivity contribution < 1.29 is 4.92 Å². The van der Waals surface area contributed by atoms with Crippen LogP contribution in [0.5, 0.6) is 0 Å². The van der Waals surface area contributed by atoms with E-state index in [9.17, 15) is 10.1 Å². The van der Waals surface area contributed by atoms with Crippen LogP contribution in [0.25, 0.3) is 0 Å². The number of nitrogens with zero attached hydrogens (tertiary/aromatic N) is 3. The van der Waals surface area contributed by atoms with Crippen molar-refractivity contribution in [1.29, 1.82) is 0 Å². The molecular formula is C12H11N3O2S. The van der Waals surface area contributed by atoms with Crippen LogP contribution in [0.15, 0.2) is 46.6 Å². The lowest BCUT2D eigenvalue weighted by molar-refractivity contribution is -0.384. The number of aryl methyl sites for hydroxylation is 1. The number of thiophene rings is 1. The molecule has 1 aromatic heterocycles. The molecule has 0 fully saturated rings. The van der Waals surface area contributed by atoms with Crippen molar-refractivity contribution in [1.82, 2.24) is 0 Å². The van der Waals surface area contributed by atoms with Gasteiger partial charge in [0.05, 0.1) is 11.5 Å². The Morgan fingerprint density at radius 2 is 2.06 bits per heavy atom. The van der Waals surface area contributed by atoms with Crippen molar-refractivity contribution in [2.24, 2.45) is 10.2 Å². The zero-order chi connectivity index (χ0) is 13.0. The number of hydrogen-bond donors (Lipinski definition) is 0. The molecule has 2 rings (SSSR count). The van der Waals surface area contributed by atoms with Gasteiger partial charge in [0.1, 0.15) is 0 Å². The van der Waals surface area contributed by atoms with Crippen molar-refractivity contribution >= 4 is 22.7 Å². The van der Waals surface area contributed by atoms with E-state index >= 15 is 0 Å². The highest BCUT2D eigenvalue weighted by Gasteiger charge is 2.11. The molecule has 18 heavy (non-hydrogen) atoms. The van der Waals surface area contributed by atoms with Gasteiger partial charge in [-0.1, -0.05) is 12.1 Å². The number of para-hydroxylation sites is 1. The van der Waals surface area contributed by atoms with Crippen molar-refractivity contribution in [2.45, 2.75) is 13.5 Å². The summed E-state index contributed by atoms with van der Waals surface area (Å²) in [5, 5.41) is 18.7. The Labute approximate surface area is 108 Å². The maximum absolute atomic E-state index is 10.8. The normalized spacial score (nSPS) is 10.9. The number of nitro groups is 1. The van der Waals surface area contributed by atoms with Gasteiger partial charge in [-0.05, 0) is 25.1 Å². The van der Waals surface area contributed by atoms with Crippen LogP contribution in [0.1, 0.15) is 9.75 Å². The van der Waals surface area contributed by atoms with Crippen molar-refractivity contribution in [2.75, 3.05) is 0 Å². The first kappa shape index (κ1) is 12.4. The fraction of sp³-hybridized carbons (Fsp3) is 0.167. The van der Waals surface area contributed by atoms with Crippen LogP contribution in [0, 0.1) is 17.0 Å². The van der Waals surface area contributed by atoms with E-state index in [1.807, 2.05) is 19.1 Å². The molecule has 0 saturated heterocycles. The highest BCUT2D eigenvalue weighted by Crippen LogP contribution is 2.27. The molecule has 6 heteroatoms. The Bertz CT molecular complexity index is 593. The van der Waals surface area contributed by atoms with E-state index in [1.165, 1.54) is 10.9 Å². The second-order valence-corrected chi connectivity index (χ2v) is 5.03. The minimum atomic E-state index is -0.455. The molecule has 0 aliphatic carbocycles. The number of azo groups is 1. The quantitative estimate of drug-likeness (QED) is 0.469. The van der Waals surface area contributed by atoms with E-state index in [4.69, 9.17) is 0 Å². The second-order valence-electron chi connectivity index (χ2n) is 3.66. The second kappa shape index (κ2) is 5.50. The van der Waals surface area contributed by atoms with Gasteiger partial charge in [0.25, 0.3) is 5.69 Å². The van der Waals surface area contributed by atoms with Gasteiger partial charge in [0.15, 0.2) is 5.69 Å². The van der Waals surface area contributed by atoms with Gasteiger partial charge in [-0.2, -0.15) is 5.11 Å². The third-order valence-corrected chi connectivity index (χ3v) is 3.26. The Balaban J connectivity index is 2.11. The molecule has 5 nitrogen and oxygen atoms in total. The molecule has 0 unspecified atom stereocenters. The summed E-state index contributed by atoms with van der Waals surface area (Å²) in [7, 11) is 0. The zero-order valence-corrected chi connectivity index (χ0v) is 10.6. The van der Waals surface area contributed by atoms with Crippen molar-refractivity contribution in [3.8, 4) is 0 Å². The van der Waals surface area contributed by atoms with Crippen LogP contribution in [0.2, 0.25) is 0 Å². The molecule has 0 radical (unpaired) electrons. The molecule has 0 amide bonds. The monoisotopic (exact) mass is 261 g/mol. The maximum atomic E-state index is 10.8. The highest BCUT2D eigenvalue weighted by atomic mass is 32.1. The summed E-state index contributed by atoms with van der Waals surface area (Å²) in [5.74, 6) is 0. The first-order chi connectivity index (χ1) is 8.66. The standard InChI is InChI=1S/C12H11N3O2S/c1-9-6-7-10(18-9)8-13-14-11-4-2-3-5-12(11)15(16)17/h2-7H,8H2,1H3. The van der Waals surface area contributed by atoms with E-state index < -0.39 is 4.92 Å². The average Bonchev–Trinajstić information content (AvgIpc) is 2.75. The fourth-order valence-electron chi connectivity index (χ4n) is 1.45. The maximum Gasteiger partial charge on any atom is 0.296 e. The zero-order valence-electron chi connectivity index (χ0n) is 9.74. The molecule has 0 aliphatic heterocycles. The Kier molecular flexibility index (Phi) is 3.78. The molecule has 92 valence electrons. The predicted molar refractivity (Wildman–Crippen MR) is 70.4 cm³/mol. The van der Waals surface area contributed by atoms with Gasteiger partial charge in [0, 0.05) is 15.8 Å². The van der Waals surface area contributed by atoms with E-state index in [0.717, 1.165) is 4.88 Å². The molecule has 1 aromatic carbocycles. The molecule has 1 heterocycles. The van der Waals surface area contributed by atoms with Gasteiger partial charge in [-0.25, -0.2) is 0 Å². The lowest BCUT2D eigenvalue weighted by Crippen LogP contribution is -1.87. The van der Waals surface area contributed by atoms with Crippen LogP contribution in [-0.2, 0) is 6.54 Å². The van der Waals surface area contributed by atoms with Gasteiger partial charge in [-0.15, -0.1) is 16.5 Å². The minimum absolute atomic E-state index is 0.0244. The Hall–Kier alpha value is -2.08. The molecule has 0 bridgehead atoms. The molecule has 0 aliphatic rings. The van der Waals surface area contributed by atoms with Gasteiger partial charge >= 0.3 is 0 Å². The smallest absolute Gasteiger partial charge is 0.258 e. The SMILES string of the molecule is Cc1ccc(CN=Nc2ccccc2[N+](=O)[O-])s1. The Morgan fingerprint density at radius 3 is 2.72 bits per heavy atom. The van der Waals surface area contributed by atoms with Gasteiger partial charge in [0.2, 0.25) is 0 Å². The fourth-order valence-corrected chi connectivity index (χ4v) is 2.26. The van der Waals surface area contributed by atoms with E-state index in [2.05, 4.69) is 10.2 Å². The third-order valence-electron chi connectivity index (χ3n) is 2.28. The van der Waals surface area contributed by atoms with Crippen LogP contribution in [0.3, 0.4) is 0 Å². The van der Waals surface area contributed by atoms with E-state index in [-0.39, 0.29) is 11.4 Å². The molecule has 0 saturated carbocycles. The summed E-state index contributed by atoms with van der Waals surface area (Å²) in [5.41, 5.74) is 0.263. The Morgan fingerprint density at radius 1 is 1.28 bits per heavy atom. The number of benzene rings is 1. The molecular weight excluding hydrogens is 250 g/mol. The lowest BCUT2D eigenvalue weighted by Gasteiger charge is -1.94. The topological polar surface area (TPSA) is 67.9 Å². The van der Waals surface area contributed by atoms with Crippen molar-refractivity contribution in [3.05, 3.63) is 56.3 Å².